The molecule has 4 aromatic carbocycles. The number of halogens is 2. The Balaban J connectivity index is 1.50. The molecule has 246 valence electrons. The third-order valence-electron chi connectivity index (χ3n) is 9.02. The van der Waals surface area contributed by atoms with E-state index in [4.69, 9.17) is 14.3 Å². The SMILES string of the molecule is [H]/N=N/C1=C(N)c2ccccc2C(c2ccc(-c3ccc(C4(S(=O)(=O)O)CC(/N=N/[H])=C(N)c5ccccc54)c(F)c3)cc2F)(S(=O)(=O)O)C1. The molecule has 0 bridgehead atoms. The highest BCUT2D eigenvalue weighted by atomic mass is 32.2. The van der Waals surface area contributed by atoms with Gasteiger partial charge in [-0.1, -0.05) is 72.8 Å². The van der Waals surface area contributed by atoms with Gasteiger partial charge in [-0.05, 0) is 34.4 Å². The average Bonchev–Trinajstić information content (AvgIpc) is 3.07. The molecule has 2 unspecified atom stereocenters. The van der Waals surface area contributed by atoms with Gasteiger partial charge in [-0.15, -0.1) is 0 Å². The van der Waals surface area contributed by atoms with Crippen LogP contribution in [0.5, 0.6) is 0 Å². The Morgan fingerprint density at radius 1 is 0.646 bits per heavy atom. The lowest BCUT2D eigenvalue weighted by Crippen LogP contribution is -2.41. The molecule has 2 aliphatic carbocycles. The Kier molecular flexibility index (Phi) is 7.06. The van der Waals surface area contributed by atoms with E-state index in [2.05, 4.69) is 21.3 Å². The molecule has 0 saturated heterocycles. The van der Waals surface area contributed by atoms with Gasteiger partial charge in [0.1, 0.15) is 11.6 Å². The molecule has 0 spiro atoms. The number of hydrogen-bond donors (Lipinski definition) is 6. The van der Waals surface area contributed by atoms with Gasteiger partial charge in [0, 0.05) is 35.1 Å². The molecule has 0 amide bonds. The minimum atomic E-state index is -5.18. The average molecular weight is 693 g/mol. The maximum Gasteiger partial charge on any atom is 0.279 e. The number of nitrogens with zero attached hydrogens (tertiary/aromatic N) is 2. The van der Waals surface area contributed by atoms with Crippen LogP contribution < -0.4 is 11.5 Å². The predicted octanol–water partition coefficient (Wildman–Crippen LogP) is 6.02. The van der Waals surface area contributed by atoms with E-state index in [1.807, 2.05) is 0 Å². The van der Waals surface area contributed by atoms with E-state index in [0.29, 0.717) is 0 Å². The van der Waals surface area contributed by atoms with Gasteiger partial charge in [-0.3, -0.25) is 9.11 Å². The number of rotatable bonds is 7. The Morgan fingerprint density at radius 2 is 1.02 bits per heavy atom. The van der Waals surface area contributed by atoms with Crippen LogP contribution in [0.1, 0.15) is 46.2 Å². The fraction of sp³-hybridized carbons (Fsp3) is 0.125. The van der Waals surface area contributed by atoms with E-state index < -0.39 is 65.3 Å². The smallest absolute Gasteiger partial charge is 0.279 e. The number of fused-ring (bicyclic) bond motifs is 2. The van der Waals surface area contributed by atoms with Crippen LogP contribution in [0.3, 0.4) is 0 Å². The van der Waals surface area contributed by atoms with Crippen LogP contribution in [0.4, 0.5) is 8.78 Å². The second-order valence-corrected chi connectivity index (χ2v) is 14.7. The molecule has 12 nitrogen and oxygen atoms in total. The first-order valence-electron chi connectivity index (χ1n) is 14.9. The van der Waals surface area contributed by atoms with E-state index in [0.717, 1.165) is 24.3 Å². The molecule has 0 aromatic heterocycles. The minimum Gasteiger partial charge on any atom is -0.397 e. The van der Waals surface area contributed by atoms with E-state index in [1.165, 1.54) is 48.5 Å². The number of allylic oxidation sites excluding steroid dienone is 2. The van der Waals surface area contributed by atoms with Gasteiger partial charge in [0.2, 0.25) is 2.82 Å². The summed E-state index contributed by atoms with van der Waals surface area (Å²) in [5, 5.41) is 7.24. The summed E-state index contributed by atoms with van der Waals surface area (Å²) < 4.78 is 116. The molecular formula is C32H26F2N6O6S2. The number of benzene rings is 4. The van der Waals surface area contributed by atoms with Crippen molar-refractivity contribution in [2.75, 3.05) is 0 Å². The van der Waals surface area contributed by atoms with Crippen molar-refractivity contribution in [2.24, 2.45) is 21.7 Å². The molecule has 0 saturated carbocycles. The zero-order valence-electron chi connectivity index (χ0n) is 26.5. The zero-order valence-corrected chi connectivity index (χ0v) is 26.2. The second-order valence-electron chi connectivity index (χ2n) is 11.4. The van der Waals surface area contributed by atoms with Crippen LogP contribution in [0, 0.1) is 22.7 Å². The van der Waals surface area contributed by atoms with E-state index >= 15 is 8.78 Å². The summed E-state index contributed by atoms with van der Waals surface area (Å²) in [4.78, 5) is 0. The molecule has 0 radical (unpaired) electrons. The monoisotopic (exact) mass is 692 g/mol. The summed E-state index contributed by atoms with van der Waals surface area (Å²) in [6.07, 6.45) is -1.34. The first-order chi connectivity index (χ1) is 23.6. The van der Waals surface area contributed by atoms with Crippen LogP contribution in [0.25, 0.3) is 22.5 Å². The fourth-order valence-corrected chi connectivity index (χ4v) is 9.18. The van der Waals surface area contributed by atoms with Crippen molar-refractivity contribution < 1.29 is 37.5 Å². The molecule has 48 heavy (non-hydrogen) atoms. The van der Waals surface area contributed by atoms with Gasteiger partial charge in [0.15, 0.2) is 9.49 Å². The molecular weight excluding hydrogens is 667 g/mol. The Bertz CT molecular complexity index is 2270. The van der Waals surface area contributed by atoms with Crippen molar-refractivity contribution >= 4 is 31.6 Å². The molecule has 6 rings (SSSR count). The number of nitrogens with one attached hydrogen (secondary N) is 2. The summed E-state index contributed by atoms with van der Waals surface area (Å²) in [5.74, 6) is -2.24. The minimum absolute atomic E-state index is 0.0141. The third kappa shape index (κ3) is 4.59. The van der Waals surface area contributed by atoms with Gasteiger partial charge < -0.3 is 11.5 Å². The number of nitrogens with two attached hydrogens (primary N) is 2. The molecule has 16 heteroatoms. The lowest BCUT2D eigenvalue weighted by molar-refractivity contribution is 0.432. The molecule has 2 aliphatic rings. The zero-order chi connectivity index (χ0) is 36.2. The van der Waals surface area contributed by atoms with Crippen molar-refractivity contribution in [3.8, 4) is 11.1 Å². The first kappa shape index (κ1) is 30.2. The maximum absolute atomic E-state index is 16.2. The van der Waals surface area contributed by atoms with Crippen molar-refractivity contribution in [3.63, 3.8) is 0 Å². The van der Waals surface area contributed by atoms with E-state index in [1.54, 1.807) is 12.1 Å². The van der Waals surface area contributed by atoms with E-state index in [-0.39, 0.29) is 56.2 Å². The Morgan fingerprint density at radius 3 is 1.35 bits per heavy atom. The Labute approximate surface area is 276 Å². The molecule has 0 heterocycles. The lowest BCUT2D eigenvalue weighted by atomic mass is 9.77. The van der Waals surface area contributed by atoms with Gasteiger partial charge in [0.05, 0.1) is 22.8 Å². The molecule has 0 aliphatic heterocycles. The lowest BCUT2D eigenvalue weighted by Gasteiger charge is -2.37. The van der Waals surface area contributed by atoms with Crippen LogP contribution >= 0.6 is 0 Å². The largest absolute Gasteiger partial charge is 0.397 e. The summed E-state index contributed by atoms with van der Waals surface area (Å²) in [5.41, 5.74) is 17.1. The molecule has 8 N–H and O–H groups in total. The standard InChI is InChI=1S/C32H26F2N6O6S2/c33-25-13-17(9-11-23(25)31(47(41,42)43)15-27(39-37)29(35)19-5-1-3-7-21(19)31)18-10-12-24(26(34)14-18)32(48(44,45)46)16-28(40-38)30(36)20-6-2-4-8-22(20)32/h1-14,37-38H,15-16,35-36H2,(H,41,42,43)(H,44,45,46)/b39-37+,40-38+. The van der Waals surface area contributed by atoms with Gasteiger partial charge in [0.25, 0.3) is 20.2 Å². The normalized spacial score (nSPS) is 22.1. The molecule has 2 atom stereocenters. The molecule has 4 aromatic rings. The van der Waals surface area contributed by atoms with Crippen LogP contribution in [0.15, 0.2) is 107 Å². The highest BCUT2D eigenvalue weighted by Crippen LogP contribution is 2.52. The quantitative estimate of drug-likeness (QED) is 0.0987. The summed E-state index contributed by atoms with van der Waals surface area (Å²) in [6.45, 7) is 0. The van der Waals surface area contributed by atoms with Gasteiger partial charge in [-0.2, -0.15) is 27.1 Å². The number of hydrogen-bond acceptors (Lipinski definition) is 10. The van der Waals surface area contributed by atoms with E-state index in [9.17, 15) is 25.9 Å². The van der Waals surface area contributed by atoms with Gasteiger partial charge >= 0.3 is 0 Å². The van der Waals surface area contributed by atoms with Crippen LogP contribution in [-0.4, -0.2) is 25.9 Å². The second kappa shape index (κ2) is 11.2. The predicted molar refractivity (Wildman–Crippen MR) is 171 cm³/mol. The van der Waals surface area contributed by atoms with Crippen molar-refractivity contribution in [1.29, 1.82) is 11.0 Å². The summed E-state index contributed by atoms with van der Waals surface area (Å²) in [6, 6.07) is 18.3. The van der Waals surface area contributed by atoms with Crippen molar-refractivity contribution in [1.82, 2.24) is 0 Å². The van der Waals surface area contributed by atoms with Crippen molar-refractivity contribution in [2.45, 2.75) is 22.3 Å². The fourth-order valence-electron chi connectivity index (χ4n) is 6.75. The van der Waals surface area contributed by atoms with Crippen LogP contribution in [-0.2, 0) is 29.7 Å². The topological polar surface area (TPSA) is 233 Å². The third-order valence-corrected chi connectivity index (χ3v) is 12.0. The Hall–Kier alpha value is -5.16. The summed E-state index contributed by atoms with van der Waals surface area (Å²) in [7, 11) is -10.4. The first-order valence-corrected chi connectivity index (χ1v) is 16.9. The van der Waals surface area contributed by atoms with Gasteiger partial charge in [-0.25, -0.2) is 19.8 Å². The maximum atomic E-state index is 16.2. The summed E-state index contributed by atoms with van der Waals surface area (Å²) >= 11 is 0. The molecule has 0 fully saturated rings. The highest BCUT2D eigenvalue weighted by Gasteiger charge is 2.54. The highest BCUT2D eigenvalue weighted by molar-refractivity contribution is 7.87. The van der Waals surface area contributed by atoms with Crippen molar-refractivity contribution in [3.05, 3.63) is 141 Å². The van der Waals surface area contributed by atoms with Crippen LogP contribution in [0.2, 0.25) is 2.82 Å².